The second kappa shape index (κ2) is 6.85. The molecule has 9 heteroatoms. The molecule has 0 aromatic heterocycles. The molecule has 0 heterocycles. The van der Waals surface area contributed by atoms with Crippen molar-refractivity contribution >= 4 is 27.4 Å². The number of nitro benzene ring substituents is 1. The second-order valence-electron chi connectivity index (χ2n) is 4.03. The average molecular weight is 301 g/mol. The Balaban J connectivity index is 2.60. The number of benzene rings is 1. The summed E-state index contributed by atoms with van der Waals surface area (Å²) in [6, 6.07) is 4.16. The molecule has 2 amide bonds. The molecule has 0 saturated carbocycles. The highest BCUT2D eigenvalue weighted by molar-refractivity contribution is 7.90. The van der Waals surface area contributed by atoms with Gasteiger partial charge in [0.1, 0.15) is 0 Å². The van der Waals surface area contributed by atoms with Crippen molar-refractivity contribution in [2.24, 2.45) is 0 Å². The smallest absolute Gasteiger partial charge is 0.307 e. The van der Waals surface area contributed by atoms with Crippen LogP contribution in [0.4, 0.5) is 16.2 Å². The van der Waals surface area contributed by atoms with Crippen LogP contribution in [-0.4, -0.2) is 25.1 Å². The van der Waals surface area contributed by atoms with Gasteiger partial charge in [-0.3, -0.25) is 10.1 Å². The van der Waals surface area contributed by atoms with Gasteiger partial charge in [-0.05, 0) is 18.6 Å². The van der Waals surface area contributed by atoms with E-state index in [4.69, 9.17) is 0 Å². The number of urea groups is 1. The van der Waals surface area contributed by atoms with Crippen LogP contribution in [-0.2, 0) is 10.0 Å². The summed E-state index contributed by atoms with van der Waals surface area (Å²) in [4.78, 5) is 21.4. The van der Waals surface area contributed by atoms with Crippen LogP contribution in [0.2, 0.25) is 0 Å². The highest BCUT2D eigenvalue weighted by atomic mass is 32.2. The van der Waals surface area contributed by atoms with Gasteiger partial charge in [-0.25, -0.2) is 17.9 Å². The normalized spacial score (nSPS) is 10.8. The summed E-state index contributed by atoms with van der Waals surface area (Å²) in [6.45, 7) is 1.84. The van der Waals surface area contributed by atoms with Crippen LogP contribution in [0.15, 0.2) is 24.3 Å². The van der Waals surface area contributed by atoms with Crippen molar-refractivity contribution in [2.45, 2.75) is 19.8 Å². The zero-order valence-corrected chi connectivity index (χ0v) is 11.6. The van der Waals surface area contributed by atoms with E-state index in [1.165, 1.54) is 24.3 Å². The van der Waals surface area contributed by atoms with Gasteiger partial charge in [0.25, 0.3) is 5.69 Å². The molecule has 110 valence electrons. The Hall–Kier alpha value is -2.16. The molecule has 2 N–H and O–H groups in total. The number of hydrogen-bond acceptors (Lipinski definition) is 5. The van der Waals surface area contributed by atoms with Crippen molar-refractivity contribution in [3.05, 3.63) is 34.4 Å². The van der Waals surface area contributed by atoms with Crippen molar-refractivity contribution in [2.75, 3.05) is 11.1 Å². The Morgan fingerprint density at radius 1 is 1.30 bits per heavy atom. The van der Waals surface area contributed by atoms with Crippen molar-refractivity contribution in [1.82, 2.24) is 4.72 Å². The minimum atomic E-state index is -3.65. The lowest BCUT2D eigenvalue weighted by atomic mass is 10.3. The number of hydrogen-bond donors (Lipinski definition) is 2. The molecule has 0 aliphatic carbocycles. The van der Waals surface area contributed by atoms with Crippen LogP contribution in [0.1, 0.15) is 19.8 Å². The average Bonchev–Trinajstić information content (AvgIpc) is 2.36. The van der Waals surface area contributed by atoms with Gasteiger partial charge < -0.3 is 5.32 Å². The van der Waals surface area contributed by atoms with Gasteiger partial charge in [0.15, 0.2) is 0 Å². The van der Waals surface area contributed by atoms with E-state index < -0.39 is 21.0 Å². The molecule has 1 aromatic carbocycles. The number of anilines is 1. The number of rotatable bonds is 6. The highest BCUT2D eigenvalue weighted by Gasteiger charge is 2.14. The molecule has 0 spiro atoms. The Labute approximate surface area is 116 Å². The lowest BCUT2D eigenvalue weighted by molar-refractivity contribution is -0.384. The SMILES string of the molecule is CCCCS(=O)(=O)NC(=O)Nc1ccc([N+](=O)[O-])cc1. The Bertz CT molecular complexity index is 583. The number of amides is 2. The number of nitro groups is 1. The molecular weight excluding hydrogens is 286 g/mol. The molecular formula is C11H15N3O5S. The Kier molecular flexibility index (Phi) is 5.44. The monoisotopic (exact) mass is 301 g/mol. The van der Waals surface area contributed by atoms with Gasteiger partial charge in [0.2, 0.25) is 10.0 Å². The lowest BCUT2D eigenvalue weighted by Gasteiger charge is -2.08. The van der Waals surface area contributed by atoms with Crippen LogP contribution in [0.3, 0.4) is 0 Å². The Morgan fingerprint density at radius 2 is 1.90 bits per heavy atom. The molecule has 0 aliphatic rings. The third-order valence-corrected chi connectivity index (χ3v) is 3.67. The number of carbonyl (C=O) groups is 1. The van der Waals surface area contributed by atoms with Crippen molar-refractivity contribution in [1.29, 1.82) is 0 Å². The number of carbonyl (C=O) groups excluding carboxylic acids is 1. The van der Waals surface area contributed by atoms with Crippen LogP contribution in [0.5, 0.6) is 0 Å². The van der Waals surface area contributed by atoms with Gasteiger partial charge in [-0.15, -0.1) is 0 Å². The van der Waals surface area contributed by atoms with Crippen LogP contribution < -0.4 is 10.0 Å². The molecule has 8 nitrogen and oxygen atoms in total. The second-order valence-corrected chi connectivity index (χ2v) is 5.87. The Morgan fingerprint density at radius 3 is 2.40 bits per heavy atom. The summed E-state index contributed by atoms with van der Waals surface area (Å²) in [5.74, 6) is -0.128. The van der Waals surface area contributed by atoms with E-state index in [1.54, 1.807) is 0 Å². The summed E-state index contributed by atoms with van der Waals surface area (Å²) in [7, 11) is -3.65. The molecule has 0 radical (unpaired) electrons. The van der Waals surface area contributed by atoms with Gasteiger partial charge in [0.05, 0.1) is 10.7 Å². The third kappa shape index (κ3) is 5.22. The van der Waals surface area contributed by atoms with Crippen molar-refractivity contribution in [3.63, 3.8) is 0 Å². The molecule has 0 saturated heterocycles. The zero-order valence-electron chi connectivity index (χ0n) is 10.8. The maximum Gasteiger partial charge on any atom is 0.332 e. The van der Waals surface area contributed by atoms with Crippen LogP contribution >= 0.6 is 0 Å². The van der Waals surface area contributed by atoms with Crippen LogP contribution in [0, 0.1) is 10.1 Å². The quantitative estimate of drug-likeness (QED) is 0.614. The fourth-order valence-corrected chi connectivity index (χ4v) is 2.45. The first-order chi connectivity index (χ1) is 9.34. The lowest BCUT2D eigenvalue weighted by Crippen LogP contribution is -2.35. The van der Waals surface area contributed by atoms with Crippen molar-refractivity contribution < 1.29 is 18.1 Å². The maximum absolute atomic E-state index is 11.5. The summed E-state index contributed by atoms with van der Waals surface area (Å²) in [5, 5.41) is 12.7. The largest absolute Gasteiger partial charge is 0.332 e. The van der Waals surface area contributed by atoms with E-state index >= 15 is 0 Å². The summed E-state index contributed by atoms with van der Waals surface area (Å²) in [6.07, 6.45) is 1.16. The van der Waals surface area contributed by atoms with Gasteiger partial charge in [-0.2, -0.15) is 0 Å². The molecule has 20 heavy (non-hydrogen) atoms. The highest BCUT2D eigenvalue weighted by Crippen LogP contribution is 2.15. The molecule has 0 aliphatic heterocycles. The van der Waals surface area contributed by atoms with E-state index in [1.807, 2.05) is 11.6 Å². The van der Waals surface area contributed by atoms with E-state index in [0.29, 0.717) is 12.8 Å². The summed E-state index contributed by atoms with van der Waals surface area (Å²) in [5.41, 5.74) is 0.144. The number of unbranched alkanes of at least 4 members (excludes halogenated alkanes) is 1. The number of non-ortho nitro benzene ring substituents is 1. The molecule has 0 bridgehead atoms. The van der Waals surface area contributed by atoms with E-state index in [-0.39, 0.29) is 17.1 Å². The molecule has 0 atom stereocenters. The standard InChI is InChI=1S/C11H15N3O5S/c1-2-3-8-20(18,19)13-11(15)12-9-4-6-10(7-5-9)14(16)17/h4-7H,2-3,8H2,1H3,(H2,12,13,15). The predicted molar refractivity (Wildman–Crippen MR) is 73.9 cm³/mol. The zero-order chi connectivity index (χ0) is 15.2. The van der Waals surface area contributed by atoms with Gasteiger partial charge in [-0.1, -0.05) is 13.3 Å². The van der Waals surface area contributed by atoms with Gasteiger partial charge >= 0.3 is 6.03 Å². The topological polar surface area (TPSA) is 118 Å². The number of sulfonamides is 1. The van der Waals surface area contributed by atoms with E-state index in [2.05, 4.69) is 5.32 Å². The molecule has 0 fully saturated rings. The van der Waals surface area contributed by atoms with E-state index in [0.717, 1.165) is 0 Å². The van der Waals surface area contributed by atoms with Crippen molar-refractivity contribution in [3.8, 4) is 0 Å². The minimum Gasteiger partial charge on any atom is -0.307 e. The number of nitrogens with one attached hydrogen (secondary N) is 2. The predicted octanol–water partition coefficient (Wildman–Crippen LogP) is 1.85. The molecule has 0 unspecified atom stereocenters. The van der Waals surface area contributed by atoms with Gasteiger partial charge in [0, 0.05) is 17.8 Å². The maximum atomic E-state index is 11.5. The molecule has 1 rings (SSSR count). The third-order valence-electron chi connectivity index (χ3n) is 2.35. The fourth-order valence-electron chi connectivity index (χ4n) is 1.35. The minimum absolute atomic E-state index is 0.119. The fraction of sp³-hybridized carbons (Fsp3) is 0.364. The van der Waals surface area contributed by atoms with Crippen LogP contribution in [0.25, 0.3) is 0 Å². The first-order valence-electron chi connectivity index (χ1n) is 5.90. The summed E-state index contributed by atoms with van der Waals surface area (Å²) >= 11 is 0. The molecule has 1 aromatic rings. The van der Waals surface area contributed by atoms with E-state index in [9.17, 15) is 23.3 Å². The number of nitrogens with zero attached hydrogens (tertiary/aromatic N) is 1. The first kappa shape index (κ1) is 15.9. The summed E-state index contributed by atoms with van der Waals surface area (Å²) < 4.78 is 24.8. The first-order valence-corrected chi connectivity index (χ1v) is 7.55.